The van der Waals surface area contributed by atoms with Crippen molar-refractivity contribution in [1.29, 1.82) is 0 Å². The molecule has 2 aromatic carbocycles. The second kappa shape index (κ2) is 10.0. The van der Waals surface area contributed by atoms with E-state index in [0.717, 1.165) is 11.3 Å². The van der Waals surface area contributed by atoms with Gasteiger partial charge in [0.05, 0.1) is 4.90 Å². The first-order valence-corrected chi connectivity index (χ1v) is 12.2. The predicted octanol–water partition coefficient (Wildman–Crippen LogP) is 3.22. The first-order chi connectivity index (χ1) is 15.9. The predicted molar refractivity (Wildman–Crippen MR) is 129 cm³/mol. The molecule has 0 aliphatic carbocycles. The van der Waals surface area contributed by atoms with Crippen molar-refractivity contribution in [2.75, 3.05) is 36.4 Å². The average Bonchev–Trinajstić information content (AvgIpc) is 2.84. The lowest BCUT2D eigenvalue weighted by Crippen LogP contribution is -2.48. The first kappa shape index (κ1) is 22.8. The normalized spacial score (nSPS) is 14.6. The molecule has 1 aromatic heterocycles. The van der Waals surface area contributed by atoms with Gasteiger partial charge in [-0.05, 0) is 54.4 Å². The number of hydrogen-bond acceptors (Lipinski definition) is 5. The summed E-state index contributed by atoms with van der Waals surface area (Å²) < 4.78 is 27.7. The van der Waals surface area contributed by atoms with E-state index in [1.165, 1.54) is 22.0 Å². The van der Waals surface area contributed by atoms with Crippen molar-refractivity contribution in [3.63, 3.8) is 0 Å². The Morgan fingerprint density at radius 2 is 1.70 bits per heavy atom. The summed E-state index contributed by atoms with van der Waals surface area (Å²) >= 11 is 0. The molecule has 1 fully saturated rings. The van der Waals surface area contributed by atoms with Crippen LogP contribution in [0.3, 0.4) is 0 Å². The molecule has 9 heteroatoms. The molecule has 3 aromatic rings. The van der Waals surface area contributed by atoms with Gasteiger partial charge in [-0.25, -0.2) is 13.2 Å². The quantitative estimate of drug-likeness (QED) is 0.583. The van der Waals surface area contributed by atoms with Crippen LogP contribution in [-0.4, -0.2) is 49.9 Å². The van der Waals surface area contributed by atoms with E-state index in [2.05, 4.69) is 39.6 Å². The molecule has 2 amide bonds. The molecular weight excluding hydrogens is 438 g/mol. The SMILES string of the molecule is Cc1ccccc1N1CCN(S(=O)(=O)c2ccc(NC(=O)NCc3cccnc3)cc2)CC1. The molecule has 2 heterocycles. The fourth-order valence-electron chi connectivity index (χ4n) is 3.81. The van der Waals surface area contributed by atoms with Crippen LogP contribution in [0.25, 0.3) is 0 Å². The van der Waals surface area contributed by atoms with Crippen LogP contribution in [0.4, 0.5) is 16.2 Å². The van der Waals surface area contributed by atoms with Crippen LogP contribution < -0.4 is 15.5 Å². The highest BCUT2D eigenvalue weighted by atomic mass is 32.2. The number of benzene rings is 2. The van der Waals surface area contributed by atoms with Gasteiger partial charge in [0, 0.05) is 56.5 Å². The zero-order valence-corrected chi connectivity index (χ0v) is 19.3. The molecule has 0 bridgehead atoms. The topological polar surface area (TPSA) is 94.6 Å². The zero-order valence-electron chi connectivity index (χ0n) is 18.4. The number of rotatable bonds is 6. The number of nitrogens with zero attached hydrogens (tertiary/aromatic N) is 3. The third kappa shape index (κ3) is 5.50. The lowest BCUT2D eigenvalue weighted by atomic mass is 10.1. The average molecular weight is 466 g/mol. The van der Waals surface area contributed by atoms with Crippen molar-refractivity contribution in [3.8, 4) is 0 Å². The minimum absolute atomic E-state index is 0.216. The van der Waals surface area contributed by atoms with Gasteiger partial charge in [0.25, 0.3) is 0 Å². The summed E-state index contributed by atoms with van der Waals surface area (Å²) in [4.78, 5) is 18.6. The third-order valence-electron chi connectivity index (χ3n) is 5.62. The highest BCUT2D eigenvalue weighted by Crippen LogP contribution is 2.24. The number of sulfonamides is 1. The summed E-state index contributed by atoms with van der Waals surface area (Å²) in [5, 5.41) is 5.46. The van der Waals surface area contributed by atoms with Gasteiger partial charge in [0.15, 0.2) is 0 Å². The molecule has 1 aliphatic heterocycles. The number of anilines is 2. The number of urea groups is 1. The van der Waals surface area contributed by atoms with Crippen molar-refractivity contribution in [1.82, 2.24) is 14.6 Å². The number of carbonyl (C=O) groups excluding carboxylic acids is 1. The van der Waals surface area contributed by atoms with E-state index >= 15 is 0 Å². The number of para-hydroxylation sites is 1. The van der Waals surface area contributed by atoms with Gasteiger partial charge in [-0.1, -0.05) is 24.3 Å². The minimum Gasteiger partial charge on any atom is -0.369 e. The van der Waals surface area contributed by atoms with E-state index in [1.54, 1.807) is 30.6 Å². The Hall–Kier alpha value is -3.43. The molecule has 8 nitrogen and oxygen atoms in total. The van der Waals surface area contributed by atoms with Gasteiger partial charge in [0.2, 0.25) is 10.0 Å². The highest BCUT2D eigenvalue weighted by Gasteiger charge is 2.28. The second-order valence-corrected chi connectivity index (χ2v) is 9.81. The van der Waals surface area contributed by atoms with Crippen molar-refractivity contribution in [3.05, 3.63) is 84.2 Å². The Morgan fingerprint density at radius 3 is 2.36 bits per heavy atom. The standard InChI is InChI=1S/C24H27N5O3S/c1-19-5-2-3-7-23(19)28-13-15-29(16-14-28)33(31,32)22-10-8-21(9-11-22)27-24(30)26-18-20-6-4-12-25-17-20/h2-12,17H,13-16,18H2,1H3,(H2,26,27,30). The summed E-state index contributed by atoms with van der Waals surface area (Å²) in [6, 6.07) is 17.7. The maximum absolute atomic E-state index is 13.1. The summed E-state index contributed by atoms with van der Waals surface area (Å²) in [6.07, 6.45) is 3.35. The monoisotopic (exact) mass is 465 g/mol. The van der Waals surface area contributed by atoms with Crippen LogP contribution in [0.15, 0.2) is 78.0 Å². The summed E-state index contributed by atoms with van der Waals surface area (Å²) in [5.74, 6) is 0. The van der Waals surface area contributed by atoms with Crippen molar-refractivity contribution in [2.45, 2.75) is 18.4 Å². The van der Waals surface area contributed by atoms with Crippen LogP contribution >= 0.6 is 0 Å². The number of aromatic nitrogens is 1. The molecule has 1 aliphatic rings. The van der Waals surface area contributed by atoms with Crippen LogP contribution in [0.1, 0.15) is 11.1 Å². The van der Waals surface area contributed by atoms with E-state index < -0.39 is 10.0 Å². The summed E-state index contributed by atoms with van der Waals surface area (Å²) in [7, 11) is -3.60. The molecule has 0 spiro atoms. The van der Waals surface area contributed by atoms with E-state index in [-0.39, 0.29) is 10.9 Å². The van der Waals surface area contributed by atoms with Gasteiger partial charge in [0.1, 0.15) is 0 Å². The van der Waals surface area contributed by atoms with Crippen molar-refractivity contribution < 1.29 is 13.2 Å². The van der Waals surface area contributed by atoms with Gasteiger partial charge >= 0.3 is 6.03 Å². The number of pyridine rings is 1. The summed E-state index contributed by atoms with van der Waals surface area (Å²) in [6.45, 7) is 4.54. The number of piperazine rings is 1. The second-order valence-electron chi connectivity index (χ2n) is 7.87. The number of carbonyl (C=O) groups is 1. The molecule has 2 N–H and O–H groups in total. The van der Waals surface area contributed by atoms with E-state index in [1.807, 2.05) is 18.2 Å². The number of nitrogens with one attached hydrogen (secondary N) is 2. The summed E-state index contributed by atoms with van der Waals surface area (Å²) in [5.41, 5.74) is 3.73. The Balaban J connectivity index is 1.33. The molecule has 0 atom stereocenters. The Morgan fingerprint density at radius 1 is 0.970 bits per heavy atom. The molecule has 1 saturated heterocycles. The Kier molecular flexibility index (Phi) is 6.90. The lowest BCUT2D eigenvalue weighted by molar-refractivity contribution is 0.251. The maximum atomic E-state index is 13.1. The van der Waals surface area contributed by atoms with Gasteiger partial charge in [-0.15, -0.1) is 0 Å². The molecule has 172 valence electrons. The van der Waals surface area contributed by atoms with E-state index in [9.17, 15) is 13.2 Å². The smallest absolute Gasteiger partial charge is 0.319 e. The highest BCUT2D eigenvalue weighted by molar-refractivity contribution is 7.89. The lowest BCUT2D eigenvalue weighted by Gasteiger charge is -2.36. The molecule has 0 unspecified atom stereocenters. The molecule has 0 saturated carbocycles. The Labute approximate surface area is 194 Å². The molecule has 0 radical (unpaired) electrons. The Bertz CT molecular complexity index is 1190. The van der Waals surface area contributed by atoms with Crippen LogP contribution in [0.2, 0.25) is 0 Å². The third-order valence-corrected chi connectivity index (χ3v) is 7.53. The van der Waals surface area contributed by atoms with E-state index in [0.29, 0.717) is 38.4 Å². The molecule has 4 rings (SSSR count). The van der Waals surface area contributed by atoms with Crippen LogP contribution in [-0.2, 0) is 16.6 Å². The number of aryl methyl sites for hydroxylation is 1. The van der Waals surface area contributed by atoms with Gasteiger partial charge in [-0.2, -0.15) is 4.31 Å². The number of hydrogen-bond donors (Lipinski definition) is 2. The van der Waals surface area contributed by atoms with Gasteiger partial charge in [-0.3, -0.25) is 4.98 Å². The van der Waals surface area contributed by atoms with E-state index in [4.69, 9.17) is 0 Å². The largest absolute Gasteiger partial charge is 0.369 e. The molecule has 33 heavy (non-hydrogen) atoms. The molecular formula is C24H27N5O3S. The zero-order chi connectivity index (χ0) is 23.3. The number of amides is 2. The first-order valence-electron chi connectivity index (χ1n) is 10.8. The van der Waals surface area contributed by atoms with Crippen molar-refractivity contribution >= 4 is 27.4 Å². The van der Waals surface area contributed by atoms with Gasteiger partial charge < -0.3 is 15.5 Å². The fraction of sp³-hybridized carbons (Fsp3) is 0.250. The van der Waals surface area contributed by atoms with Crippen LogP contribution in [0, 0.1) is 6.92 Å². The minimum atomic E-state index is -3.60. The fourth-order valence-corrected chi connectivity index (χ4v) is 5.23. The van der Waals surface area contributed by atoms with Crippen molar-refractivity contribution in [2.24, 2.45) is 0 Å². The van der Waals surface area contributed by atoms with Crippen LogP contribution in [0.5, 0.6) is 0 Å². The maximum Gasteiger partial charge on any atom is 0.319 e.